The number of rotatable bonds is 8. The number of fused-ring (bicyclic) bond motifs is 1. The lowest BCUT2D eigenvalue weighted by Gasteiger charge is -2.35. The van der Waals surface area contributed by atoms with Gasteiger partial charge in [0.25, 0.3) is 0 Å². The van der Waals surface area contributed by atoms with E-state index in [1.165, 1.54) is 12.1 Å². The summed E-state index contributed by atoms with van der Waals surface area (Å²) in [6.45, 7) is 4.74. The predicted octanol–water partition coefficient (Wildman–Crippen LogP) is 4.78. The Morgan fingerprint density at radius 1 is 1.21 bits per heavy atom. The number of carbonyl (C=O) groups excluding carboxylic acids is 1. The van der Waals surface area contributed by atoms with Gasteiger partial charge in [-0.2, -0.15) is 13.2 Å². The quantitative estimate of drug-likeness (QED) is 0.377. The van der Waals surface area contributed by atoms with E-state index >= 15 is 4.39 Å². The Bertz CT molecular complexity index is 1150. The first-order valence-corrected chi connectivity index (χ1v) is 13.4. The first-order valence-electron chi connectivity index (χ1n) is 13.4. The second kappa shape index (κ2) is 12.4. The molecule has 2 aromatic rings. The molecule has 1 fully saturated rings. The van der Waals surface area contributed by atoms with E-state index in [1.54, 1.807) is 31.5 Å². The van der Waals surface area contributed by atoms with Crippen molar-refractivity contribution >= 4 is 12.0 Å². The summed E-state index contributed by atoms with van der Waals surface area (Å²) in [5, 5.41) is 2.96. The van der Waals surface area contributed by atoms with E-state index in [4.69, 9.17) is 4.74 Å². The molecular weight excluding hydrogens is 514 g/mol. The van der Waals surface area contributed by atoms with E-state index in [-0.39, 0.29) is 17.8 Å². The van der Waals surface area contributed by atoms with Crippen molar-refractivity contribution in [2.75, 3.05) is 19.6 Å². The molecule has 1 aliphatic carbocycles. The molecule has 11 heteroatoms. The van der Waals surface area contributed by atoms with Gasteiger partial charge in [-0.15, -0.1) is 0 Å². The van der Waals surface area contributed by atoms with Crippen LogP contribution in [-0.2, 0) is 17.6 Å². The standard InChI is InChI=1S/C28H35F4N5O2/c1-19(28(30,31)32)39-26-6-4-22-9-14-37(15-10-24(22)36-26)16-13-27(29)11-7-23(8-12-27)35-25(38)5-3-21-17-33-20(2)34-18-21/h3-6,17-19,23H,7-16H2,1-2H3,(H,35,38). The van der Waals surface area contributed by atoms with Crippen molar-refractivity contribution in [2.45, 2.75) is 82.8 Å². The third-order valence-corrected chi connectivity index (χ3v) is 7.50. The highest BCUT2D eigenvalue weighted by atomic mass is 19.4. The number of hydrogen-bond acceptors (Lipinski definition) is 6. The smallest absolute Gasteiger partial charge is 0.425 e. The van der Waals surface area contributed by atoms with Crippen molar-refractivity contribution in [1.82, 2.24) is 25.2 Å². The molecule has 2 aromatic heterocycles. The van der Waals surface area contributed by atoms with Crippen LogP contribution in [-0.4, -0.2) is 69.4 Å². The Kier molecular flexibility index (Phi) is 9.19. The third-order valence-electron chi connectivity index (χ3n) is 7.50. The maximum absolute atomic E-state index is 15.6. The molecule has 212 valence electrons. The van der Waals surface area contributed by atoms with Crippen molar-refractivity contribution < 1.29 is 27.1 Å². The first kappa shape index (κ1) is 28.9. The fourth-order valence-electron chi connectivity index (χ4n) is 4.94. The minimum Gasteiger partial charge on any atom is -0.465 e. The van der Waals surface area contributed by atoms with Crippen molar-refractivity contribution in [1.29, 1.82) is 0 Å². The molecule has 1 atom stereocenters. The zero-order valence-electron chi connectivity index (χ0n) is 22.3. The number of nitrogens with one attached hydrogen (secondary N) is 1. The van der Waals surface area contributed by atoms with Gasteiger partial charge in [0.15, 0.2) is 6.10 Å². The highest BCUT2D eigenvalue weighted by Gasteiger charge is 2.38. The molecule has 0 saturated heterocycles. The summed E-state index contributed by atoms with van der Waals surface area (Å²) in [4.78, 5) is 27.0. The van der Waals surface area contributed by atoms with Crippen molar-refractivity contribution in [2.24, 2.45) is 0 Å². The second-order valence-corrected chi connectivity index (χ2v) is 10.5. The lowest BCUT2D eigenvalue weighted by Crippen LogP contribution is -2.42. The third kappa shape index (κ3) is 8.45. The van der Waals surface area contributed by atoms with Crippen molar-refractivity contribution in [3.8, 4) is 5.88 Å². The van der Waals surface area contributed by atoms with Gasteiger partial charge >= 0.3 is 6.18 Å². The van der Waals surface area contributed by atoms with Gasteiger partial charge < -0.3 is 15.0 Å². The van der Waals surface area contributed by atoms with E-state index in [9.17, 15) is 18.0 Å². The van der Waals surface area contributed by atoms with E-state index in [0.717, 1.165) is 30.3 Å². The van der Waals surface area contributed by atoms with Crippen molar-refractivity contribution in [3.63, 3.8) is 0 Å². The average molecular weight is 550 g/mol. The first-order chi connectivity index (χ1) is 18.5. The molecule has 0 aromatic carbocycles. The number of amides is 1. The number of carbonyl (C=O) groups is 1. The van der Waals surface area contributed by atoms with Crippen LogP contribution in [0.25, 0.3) is 6.08 Å². The second-order valence-electron chi connectivity index (χ2n) is 10.5. The number of aryl methyl sites for hydroxylation is 1. The van der Waals surface area contributed by atoms with E-state index in [1.807, 2.05) is 0 Å². The van der Waals surface area contributed by atoms with Gasteiger partial charge in [0, 0.05) is 67.9 Å². The highest BCUT2D eigenvalue weighted by Crippen LogP contribution is 2.35. The molecule has 1 amide bonds. The number of alkyl halides is 4. The molecule has 1 saturated carbocycles. The Hall–Kier alpha value is -3.08. The normalized spacial score (nSPS) is 23.2. The lowest BCUT2D eigenvalue weighted by molar-refractivity contribution is -0.190. The van der Waals surface area contributed by atoms with Crippen LogP contribution in [0, 0.1) is 6.92 Å². The van der Waals surface area contributed by atoms with Gasteiger partial charge in [0.1, 0.15) is 11.5 Å². The van der Waals surface area contributed by atoms with Crippen LogP contribution >= 0.6 is 0 Å². The largest absolute Gasteiger partial charge is 0.465 e. The van der Waals surface area contributed by atoms with Gasteiger partial charge in [-0.25, -0.2) is 19.3 Å². The summed E-state index contributed by atoms with van der Waals surface area (Å²) in [6.07, 6.45) is 3.64. The zero-order valence-corrected chi connectivity index (χ0v) is 22.3. The number of halogens is 4. The van der Waals surface area contributed by atoms with Crippen LogP contribution in [0.3, 0.4) is 0 Å². The fraction of sp³-hybridized carbons (Fsp3) is 0.571. The molecule has 39 heavy (non-hydrogen) atoms. The number of aromatic nitrogens is 3. The molecule has 4 rings (SSSR count). The summed E-state index contributed by atoms with van der Waals surface area (Å²) in [5.41, 5.74) is 1.18. The molecule has 7 nitrogen and oxygen atoms in total. The maximum atomic E-state index is 15.6. The van der Waals surface area contributed by atoms with Gasteiger partial charge in [-0.05, 0) is 64.0 Å². The SMILES string of the molecule is Cc1ncc(C=CC(=O)NC2CCC(F)(CCN3CCc4ccc(OC(C)C(F)(F)F)nc4CC3)CC2)cn1. The monoisotopic (exact) mass is 549 g/mol. The minimum atomic E-state index is -4.45. The van der Waals surface area contributed by atoms with Crippen LogP contribution < -0.4 is 10.1 Å². The average Bonchev–Trinajstić information content (AvgIpc) is 3.10. The van der Waals surface area contributed by atoms with Crippen LogP contribution in [0.5, 0.6) is 5.88 Å². The summed E-state index contributed by atoms with van der Waals surface area (Å²) >= 11 is 0. The van der Waals surface area contributed by atoms with Gasteiger partial charge in [-0.1, -0.05) is 6.07 Å². The summed E-state index contributed by atoms with van der Waals surface area (Å²) in [5.74, 6) is 0.414. The minimum absolute atomic E-state index is 0.0294. The molecule has 1 aliphatic heterocycles. The molecule has 0 radical (unpaired) electrons. The highest BCUT2D eigenvalue weighted by molar-refractivity contribution is 5.91. The molecule has 1 unspecified atom stereocenters. The van der Waals surface area contributed by atoms with E-state index < -0.39 is 17.9 Å². The molecule has 0 spiro atoms. The Labute approximate surface area is 226 Å². The number of pyridine rings is 1. The molecule has 3 heterocycles. The van der Waals surface area contributed by atoms with Crippen molar-refractivity contribution in [3.05, 3.63) is 53.2 Å². The van der Waals surface area contributed by atoms with Gasteiger partial charge in [0.05, 0.1) is 0 Å². The van der Waals surface area contributed by atoms with E-state index in [2.05, 4.69) is 25.2 Å². The Morgan fingerprint density at radius 2 is 1.90 bits per heavy atom. The summed E-state index contributed by atoms with van der Waals surface area (Å²) in [7, 11) is 0. The number of hydrogen-bond donors (Lipinski definition) is 1. The maximum Gasteiger partial charge on any atom is 0.425 e. The Balaban J connectivity index is 1.20. The molecular formula is C28H35F4N5O2. The van der Waals surface area contributed by atoms with E-state index in [0.29, 0.717) is 63.9 Å². The topological polar surface area (TPSA) is 80.2 Å². The van der Waals surface area contributed by atoms with Gasteiger partial charge in [0.2, 0.25) is 11.8 Å². The molecule has 0 bridgehead atoms. The summed E-state index contributed by atoms with van der Waals surface area (Å²) < 4.78 is 59.0. The number of ether oxygens (including phenoxy) is 1. The van der Waals surface area contributed by atoms with Crippen LogP contribution in [0.15, 0.2) is 30.6 Å². The fourth-order valence-corrected chi connectivity index (χ4v) is 4.94. The molecule has 2 aliphatic rings. The van der Waals surface area contributed by atoms with Crippen LogP contribution in [0.2, 0.25) is 0 Å². The molecule has 1 N–H and O–H groups in total. The number of nitrogens with zero attached hydrogens (tertiary/aromatic N) is 4. The van der Waals surface area contributed by atoms with Crippen LogP contribution in [0.1, 0.15) is 61.7 Å². The lowest BCUT2D eigenvalue weighted by atomic mass is 9.81. The zero-order chi connectivity index (χ0) is 28.0. The predicted molar refractivity (Wildman–Crippen MR) is 139 cm³/mol. The summed E-state index contributed by atoms with van der Waals surface area (Å²) in [6, 6.07) is 3.20. The van der Waals surface area contributed by atoms with Crippen LogP contribution in [0.4, 0.5) is 17.6 Å². The van der Waals surface area contributed by atoms with Gasteiger partial charge in [-0.3, -0.25) is 4.79 Å². The Morgan fingerprint density at radius 3 is 2.59 bits per heavy atom.